The van der Waals surface area contributed by atoms with Crippen LogP contribution in [0.25, 0.3) is 0 Å². The maximum absolute atomic E-state index is 11.1. The fraction of sp³-hybridized carbons (Fsp3) is 0.714. The van der Waals surface area contributed by atoms with E-state index in [1.165, 1.54) is 11.8 Å². The molecule has 1 unspecified atom stereocenters. The Kier molecular flexibility index (Phi) is 7.17. The number of thioether (sulfide) groups is 1. The Morgan fingerprint density at radius 2 is 2.21 bits per heavy atom. The molecule has 0 heterocycles. The molecule has 0 aromatic heterocycles. The first kappa shape index (κ1) is 13.2. The van der Waals surface area contributed by atoms with Gasteiger partial charge in [-0.2, -0.15) is 11.8 Å². The van der Waals surface area contributed by atoms with Crippen LogP contribution < -0.4 is 16.4 Å². The van der Waals surface area contributed by atoms with E-state index in [1.54, 1.807) is 6.26 Å². The standard InChI is InChI=1S/C7H15N3O3S/c1-14-4-5(12)10-6(8)7(13)9-2-3-11/h6,11H,2-4,8H2,1H3,(H,9,13)(H,10,12). The first-order valence-electron chi connectivity index (χ1n) is 4.04. The number of carbonyl (C=O) groups excluding carboxylic acids is 2. The van der Waals surface area contributed by atoms with Crippen LogP contribution >= 0.6 is 11.8 Å². The summed E-state index contributed by atoms with van der Waals surface area (Å²) in [4.78, 5) is 22.1. The fourth-order valence-corrected chi connectivity index (χ4v) is 1.05. The average molecular weight is 221 g/mol. The van der Waals surface area contributed by atoms with Gasteiger partial charge in [0.25, 0.3) is 5.91 Å². The highest BCUT2D eigenvalue weighted by atomic mass is 32.2. The second-order valence-electron chi connectivity index (χ2n) is 2.49. The van der Waals surface area contributed by atoms with Crippen LogP contribution in [0.2, 0.25) is 0 Å². The van der Waals surface area contributed by atoms with Crippen LogP contribution in [0.5, 0.6) is 0 Å². The van der Waals surface area contributed by atoms with E-state index < -0.39 is 12.1 Å². The molecule has 0 aliphatic heterocycles. The van der Waals surface area contributed by atoms with Gasteiger partial charge in [-0.15, -0.1) is 0 Å². The topological polar surface area (TPSA) is 104 Å². The molecule has 0 bridgehead atoms. The van der Waals surface area contributed by atoms with Gasteiger partial charge in [-0.1, -0.05) is 0 Å². The number of rotatable bonds is 6. The summed E-state index contributed by atoms with van der Waals surface area (Å²) in [6.45, 7) is -0.0256. The fourth-order valence-electron chi connectivity index (χ4n) is 0.701. The summed E-state index contributed by atoms with van der Waals surface area (Å²) in [6.07, 6.45) is 0.720. The van der Waals surface area contributed by atoms with E-state index in [9.17, 15) is 9.59 Å². The van der Waals surface area contributed by atoms with Crippen molar-refractivity contribution in [2.75, 3.05) is 25.2 Å². The van der Waals surface area contributed by atoms with Gasteiger partial charge in [0.05, 0.1) is 12.4 Å². The lowest BCUT2D eigenvalue weighted by atomic mass is 10.4. The molecule has 0 spiro atoms. The summed E-state index contributed by atoms with van der Waals surface area (Å²) in [5, 5.41) is 13.1. The highest BCUT2D eigenvalue weighted by molar-refractivity contribution is 7.99. The Morgan fingerprint density at radius 1 is 1.57 bits per heavy atom. The molecule has 2 amide bonds. The molecule has 0 aliphatic carbocycles. The first-order valence-corrected chi connectivity index (χ1v) is 5.43. The zero-order valence-corrected chi connectivity index (χ0v) is 8.76. The molecule has 0 radical (unpaired) electrons. The minimum Gasteiger partial charge on any atom is -0.395 e. The van der Waals surface area contributed by atoms with Crippen LogP contribution in [0.4, 0.5) is 0 Å². The summed E-state index contributed by atoms with van der Waals surface area (Å²) in [5.41, 5.74) is 5.35. The molecule has 0 rings (SSSR count). The highest BCUT2D eigenvalue weighted by Gasteiger charge is 2.14. The van der Waals surface area contributed by atoms with Gasteiger partial charge < -0.3 is 21.5 Å². The molecule has 0 aromatic carbocycles. The lowest BCUT2D eigenvalue weighted by Gasteiger charge is -2.12. The number of nitrogens with two attached hydrogens (primary N) is 1. The van der Waals surface area contributed by atoms with Crippen molar-refractivity contribution in [1.82, 2.24) is 10.6 Å². The van der Waals surface area contributed by atoms with Gasteiger partial charge in [0, 0.05) is 6.54 Å². The van der Waals surface area contributed by atoms with Gasteiger partial charge in [0.15, 0.2) is 6.17 Å². The Balaban J connectivity index is 3.76. The van der Waals surface area contributed by atoms with E-state index in [0.717, 1.165) is 0 Å². The number of carbonyl (C=O) groups is 2. The van der Waals surface area contributed by atoms with Crippen molar-refractivity contribution in [1.29, 1.82) is 0 Å². The minimum atomic E-state index is -1.05. The molecule has 14 heavy (non-hydrogen) atoms. The van der Waals surface area contributed by atoms with Gasteiger partial charge in [0.2, 0.25) is 5.91 Å². The van der Waals surface area contributed by atoms with Gasteiger partial charge >= 0.3 is 0 Å². The number of hydrogen-bond acceptors (Lipinski definition) is 5. The molecule has 0 aliphatic rings. The zero-order chi connectivity index (χ0) is 11.0. The van der Waals surface area contributed by atoms with Crippen LogP contribution in [0.3, 0.4) is 0 Å². The maximum Gasteiger partial charge on any atom is 0.257 e. The number of hydrogen-bond donors (Lipinski definition) is 4. The van der Waals surface area contributed by atoms with Gasteiger partial charge in [-0.25, -0.2) is 0 Å². The van der Waals surface area contributed by atoms with Crippen LogP contribution in [-0.4, -0.2) is 48.2 Å². The normalized spacial score (nSPS) is 11.9. The predicted octanol–water partition coefficient (Wildman–Crippen LogP) is -2.14. The Labute approximate surface area is 86.6 Å². The van der Waals surface area contributed by atoms with Crippen LogP contribution in [0.15, 0.2) is 0 Å². The van der Waals surface area contributed by atoms with E-state index in [-0.39, 0.29) is 24.8 Å². The lowest BCUT2D eigenvalue weighted by molar-refractivity contribution is -0.127. The second kappa shape index (κ2) is 7.60. The molecule has 0 aromatic rings. The Morgan fingerprint density at radius 3 is 2.71 bits per heavy atom. The summed E-state index contributed by atoms with van der Waals surface area (Å²) in [7, 11) is 0. The van der Waals surface area contributed by atoms with Gasteiger partial charge in [-0.05, 0) is 6.26 Å². The monoisotopic (exact) mass is 221 g/mol. The molecular formula is C7H15N3O3S. The van der Waals surface area contributed by atoms with Crippen molar-refractivity contribution < 1.29 is 14.7 Å². The van der Waals surface area contributed by atoms with Crippen LogP contribution in [0, 0.1) is 0 Å². The Bertz CT molecular complexity index is 201. The highest BCUT2D eigenvalue weighted by Crippen LogP contribution is 1.89. The summed E-state index contributed by atoms with van der Waals surface area (Å²) in [6, 6.07) is 0. The van der Waals surface area contributed by atoms with E-state index in [2.05, 4.69) is 10.6 Å². The molecular weight excluding hydrogens is 206 g/mol. The number of amides is 2. The van der Waals surface area contributed by atoms with Crippen molar-refractivity contribution in [3.8, 4) is 0 Å². The van der Waals surface area contributed by atoms with Crippen molar-refractivity contribution in [3.05, 3.63) is 0 Å². The second-order valence-corrected chi connectivity index (χ2v) is 3.36. The molecule has 1 atom stereocenters. The quantitative estimate of drug-likeness (QED) is 0.383. The third kappa shape index (κ3) is 5.79. The first-order chi connectivity index (χ1) is 6.61. The van der Waals surface area contributed by atoms with E-state index in [1.807, 2.05) is 0 Å². The van der Waals surface area contributed by atoms with E-state index in [0.29, 0.717) is 0 Å². The molecule has 7 heteroatoms. The summed E-state index contributed by atoms with van der Waals surface area (Å²) >= 11 is 1.34. The van der Waals surface area contributed by atoms with Gasteiger partial charge in [0.1, 0.15) is 0 Å². The molecule has 5 N–H and O–H groups in total. The molecule has 82 valence electrons. The van der Waals surface area contributed by atoms with E-state index in [4.69, 9.17) is 10.8 Å². The largest absolute Gasteiger partial charge is 0.395 e. The van der Waals surface area contributed by atoms with Gasteiger partial charge in [-0.3, -0.25) is 9.59 Å². The zero-order valence-electron chi connectivity index (χ0n) is 7.95. The molecule has 0 fully saturated rings. The van der Waals surface area contributed by atoms with Crippen LogP contribution in [0.1, 0.15) is 0 Å². The Hall–Kier alpha value is -0.790. The van der Waals surface area contributed by atoms with Crippen molar-refractivity contribution in [2.24, 2.45) is 5.73 Å². The number of nitrogens with one attached hydrogen (secondary N) is 2. The van der Waals surface area contributed by atoms with Crippen molar-refractivity contribution in [2.45, 2.75) is 6.17 Å². The van der Waals surface area contributed by atoms with Crippen molar-refractivity contribution >= 4 is 23.6 Å². The smallest absolute Gasteiger partial charge is 0.257 e. The number of aliphatic hydroxyl groups excluding tert-OH is 1. The van der Waals surface area contributed by atoms with Crippen LogP contribution in [-0.2, 0) is 9.59 Å². The molecule has 6 nitrogen and oxygen atoms in total. The predicted molar refractivity (Wildman–Crippen MR) is 54.6 cm³/mol. The maximum atomic E-state index is 11.1. The third-order valence-corrected chi connectivity index (χ3v) is 1.84. The summed E-state index contributed by atoms with van der Waals surface area (Å²) in [5.74, 6) is -0.529. The number of aliphatic hydroxyl groups is 1. The third-order valence-electron chi connectivity index (χ3n) is 1.29. The molecule has 0 saturated heterocycles. The SMILES string of the molecule is CSCC(=O)NC(N)C(=O)NCCO. The average Bonchev–Trinajstić information content (AvgIpc) is 2.14. The van der Waals surface area contributed by atoms with Crippen molar-refractivity contribution in [3.63, 3.8) is 0 Å². The summed E-state index contributed by atoms with van der Waals surface area (Å²) < 4.78 is 0. The minimum absolute atomic E-state index is 0.130. The lowest BCUT2D eigenvalue weighted by Crippen LogP contribution is -2.53. The van der Waals surface area contributed by atoms with E-state index >= 15 is 0 Å². The molecule has 0 saturated carbocycles.